The highest BCUT2D eigenvalue weighted by Gasteiger charge is 2.15. The molecule has 0 fully saturated rings. The van der Waals surface area contributed by atoms with Crippen LogP contribution in [0, 0.1) is 10.1 Å². The minimum absolute atomic E-state index is 0.00895. The van der Waals surface area contributed by atoms with E-state index in [9.17, 15) is 14.9 Å². The quantitative estimate of drug-likeness (QED) is 0.417. The molecule has 0 radical (unpaired) electrons. The number of nitro groups is 1. The molecule has 0 saturated heterocycles. The molecule has 1 aromatic carbocycles. The minimum atomic E-state index is -0.528. The average Bonchev–Trinajstić information content (AvgIpc) is 3.02. The number of carbonyl (C=O) groups excluding carboxylic acids is 1. The Bertz CT molecular complexity index is 873. The van der Waals surface area contributed by atoms with Crippen LogP contribution in [0.4, 0.5) is 5.69 Å². The number of aromatic nitrogens is 3. The number of hydrogen-bond acceptors (Lipinski definition) is 6. The van der Waals surface area contributed by atoms with Crippen LogP contribution in [0.25, 0.3) is 5.65 Å². The molecule has 1 unspecified atom stereocenters. The van der Waals surface area contributed by atoms with E-state index >= 15 is 0 Å². The Morgan fingerprint density at radius 1 is 1.26 bits per heavy atom. The second kappa shape index (κ2) is 5.84. The van der Waals surface area contributed by atoms with Gasteiger partial charge in [-0.2, -0.15) is 0 Å². The lowest BCUT2D eigenvalue weighted by Crippen LogP contribution is -2.10. The molecule has 2 heterocycles. The second-order valence-electron chi connectivity index (χ2n) is 4.91. The molecular weight excluding hydrogens is 300 g/mol. The van der Waals surface area contributed by atoms with Crippen LogP contribution in [0.5, 0.6) is 0 Å². The van der Waals surface area contributed by atoms with Crippen molar-refractivity contribution in [3.8, 4) is 0 Å². The van der Waals surface area contributed by atoms with Crippen molar-refractivity contribution in [1.29, 1.82) is 0 Å². The molecule has 0 aliphatic rings. The number of hydrogen-bond donors (Lipinski definition) is 0. The molecule has 116 valence electrons. The summed E-state index contributed by atoms with van der Waals surface area (Å²) in [5.74, 6) is -0.494. The van der Waals surface area contributed by atoms with Crippen molar-refractivity contribution in [2.45, 2.75) is 13.0 Å². The number of fused-ring (bicyclic) bond motifs is 1. The first-order chi connectivity index (χ1) is 11.0. The molecule has 0 bridgehead atoms. The molecule has 1 atom stereocenters. The number of carbonyl (C=O) groups is 1. The van der Waals surface area contributed by atoms with E-state index in [0.717, 1.165) is 0 Å². The van der Waals surface area contributed by atoms with Gasteiger partial charge in [0.25, 0.3) is 5.69 Å². The Balaban J connectivity index is 1.74. The highest BCUT2D eigenvalue weighted by atomic mass is 16.6. The van der Waals surface area contributed by atoms with E-state index in [1.54, 1.807) is 41.8 Å². The maximum Gasteiger partial charge on any atom is 0.340 e. The van der Waals surface area contributed by atoms with Gasteiger partial charge in [0.2, 0.25) is 0 Å². The van der Waals surface area contributed by atoms with Crippen LogP contribution < -0.4 is 0 Å². The predicted octanol–water partition coefficient (Wildman–Crippen LogP) is 2.56. The van der Waals surface area contributed by atoms with Gasteiger partial charge in [0, 0.05) is 18.3 Å². The lowest BCUT2D eigenvalue weighted by atomic mass is 10.1. The van der Waals surface area contributed by atoms with Gasteiger partial charge >= 0.3 is 5.97 Å². The standard InChI is InChI=1S/C15H12N4O4/c1-10(11-2-5-13(6-3-11)19(21)22)23-15(20)12-4-7-14-17-16-9-18(14)8-12/h2-10H,1H3. The van der Waals surface area contributed by atoms with E-state index in [2.05, 4.69) is 10.2 Å². The first kappa shape index (κ1) is 14.6. The number of nitrogens with zero attached hydrogens (tertiary/aromatic N) is 4. The minimum Gasteiger partial charge on any atom is -0.454 e. The molecule has 0 N–H and O–H groups in total. The van der Waals surface area contributed by atoms with E-state index in [-0.39, 0.29) is 5.69 Å². The van der Waals surface area contributed by atoms with Gasteiger partial charge in [-0.05, 0) is 36.8 Å². The van der Waals surface area contributed by atoms with Gasteiger partial charge in [0.15, 0.2) is 5.65 Å². The summed E-state index contributed by atoms with van der Waals surface area (Å²) in [4.78, 5) is 22.3. The topological polar surface area (TPSA) is 99.6 Å². The predicted molar refractivity (Wildman–Crippen MR) is 79.9 cm³/mol. The fraction of sp³-hybridized carbons (Fsp3) is 0.133. The van der Waals surface area contributed by atoms with Gasteiger partial charge < -0.3 is 4.74 Å². The Morgan fingerprint density at radius 3 is 2.70 bits per heavy atom. The van der Waals surface area contributed by atoms with Gasteiger partial charge in [-0.15, -0.1) is 10.2 Å². The third kappa shape index (κ3) is 3.00. The number of benzene rings is 1. The fourth-order valence-electron chi connectivity index (χ4n) is 2.11. The molecule has 0 aliphatic carbocycles. The summed E-state index contributed by atoms with van der Waals surface area (Å²) in [6.45, 7) is 1.70. The zero-order valence-corrected chi connectivity index (χ0v) is 12.1. The van der Waals surface area contributed by atoms with Crippen LogP contribution in [0.1, 0.15) is 28.9 Å². The largest absolute Gasteiger partial charge is 0.454 e. The number of pyridine rings is 1. The first-order valence-electron chi connectivity index (χ1n) is 6.79. The molecule has 0 spiro atoms. The zero-order valence-electron chi connectivity index (χ0n) is 12.1. The smallest absolute Gasteiger partial charge is 0.340 e. The molecule has 2 aromatic heterocycles. The molecule has 3 aromatic rings. The van der Waals surface area contributed by atoms with Crippen LogP contribution in [0.2, 0.25) is 0 Å². The molecule has 0 saturated carbocycles. The lowest BCUT2D eigenvalue weighted by Gasteiger charge is -2.13. The van der Waals surface area contributed by atoms with E-state index in [4.69, 9.17) is 4.74 Å². The van der Waals surface area contributed by atoms with Crippen molar-refractivity contribution in [2.24, 2.45) is 0 Å². The summed E-state index contributed by atoms with van der Waals surface area (Å²) in [5, 5.41) is 18.2. The molecule has 0 amide bonds. The van der Waals surface area contributed by atoms with Gasteiger partial charge in [-0.3, -0.25) is 14.5 Å². The summed E-state index contributed by atoms with van der Waals surface area (Å²) in [6.07, 6.45) is 2.55. The summed E-state index contributed by atoms with van der Waals surface area (Å²) >= 11 is 0. The summed E-state index contributed by atoms with van der Waals surface area (Å²) in [6, 6.07) is 9.17. The maximum atomic E-state index is 12.2. The van der Waals surface area contributed by atoms with Crippen LogP contribution >= 0.6 is 0 Å². The monoisotopic (exact) mass is 312 g/mol. The highest BCUT2D eigenvalue weighted by molar-refractivity contribution is 5.89. The van der Waals surface area contributed by atoms with Gasteiger partial charge in [-0.25, -0.2) is 4.79 Å². The summed E-state index contributed by atoms with van der Waals surface area (Å²) < 4.78 is 7.00. The van der Waals surface area contributed by atoms with Crippen molar-refractivity contribution >= 4 is 17.3 Å². The maximum absolute atomic E-state index is 12.2. The Morgan fingerprint density at radius 2 is 2.00 bits per heavy atom. The van der Waals surface area contributed by atoms with Crippen molar-refractivity contribution in [2.75, 3.05) is 0 Å². The molecule has 0 aliphatic heterocycles. The Labute approximate surface area is 130 Å². The number of nitro benzene ring substituents is 1. The summed E-state index contributed by atoms with van der Waals surface area (Å²) in [7, 11) is 0. The molecular formula is C15H12N4O4. The van der Waals surface area contributed by atoms with Gasteiger partial charge in [0.1, 0.15) is 12.4 Å². The summed E-state index contributed by atoms with van der Waals surface area (Å²) in [5.41, 5.74) is 1.66. The Hall–Kier alpha value is -3.29. The first-order valence-corrected chi connectivity index (χ1v) is 6.79. The number of ether oxygens (including phenoxy) is 1. The molecule has 23 heavy (non-hydrogen) atoms. The highest BCUT2D eigenvalue weighted by Crippen LogP contribution is 2.21. The van der Waals surface area contributed by atoms with Crippen LogP contribution in [0.15, 0.2) is 48.9 Å². The third-order valence-corrected chi connectivity index (χ3v) is 3.38. The van der Waals surface area contributed by atoms with Crippen LogP contribution in [-0.2, 0) is 4.74 Å². The molecule has 3 rings (SSSR count). The third-order valence-electron chi connectivity index (χ3n) is 3.38. The fourth-order valence-corrected chi connectivity index (χ4v) is 2.11. The van der Waals surface area contributed by atoms with Crippen molar-refractivity contribution in [1.82, 2.24) is 14.6 Å². The SMILES string of the molecule is CC(OC(=O)c1ccc2nncn2c1)c1ccc([N+](=O)[O-])cc1. The van der Waals surface area contributed by atoms with Crippen molar-refractivity contribution in [3.05, 3.63) is 70.2 Å². The van der Waals surface area contributed by atoms with Crippen LogP contribution in [-0.4, -0.2) is 25.5 Å². The molecule has 8 heteroatoms. The number of esters is 1. The van der Waals surface area contributed by atoms with E-state index in [1.807, 2.05) is 0 Å². The van der Waals surface area contributed by atoms with E-state index in [1.165, 1.54) is 18.5 Å². The normalized spacial score (nSPS) is 12.0. The van der Waals surface area contributed by atoms with Crippen molar-refractivity contribution < 1.29 is 14.5 Å². The van der Waals surface area contributed by atoms with E-state index in [0.29, 0.717) is 16.8 Å². The number of non-ortho nitro benzene ring substituents is 1. The second-order valence-corrected chi connectivity index (χ2v) is 4.91. The van der Waals surface area contributed by atoms with Gasteiger partial charge in [-0.1, -0.05) is 0 Å². The van der Waals surface area contributed by atoms with E-state index < -0.39 is 17.0 Å². The zero-order chi connectivity index (χ0) is 16.4. The Kier molecular flexibility index (Phi) is 3.71. The van der Waals surface area contributed by atoms with Crippen molar-refractivity contribution in [3.63, 3.8) is 0 Å². The van der Waals surface area contributed by atoms with Crippen LogP contribution in [0.3, 0.4) is 0 Å². The lowest BCUT2D eigenvalue weighted by molar-refractivity contribution is -0.384. The molecule has 8 nitrogen and oxygen atoms in total. The number of rotatable bonds is 4. The average molecular weight is 312 g/mol. The van der Waals surface area contributed by atoms with Gasteiger partial charge in [0.05, 0.1) is 10.5 Å².